The van der Waals surface area contributed by atoms with Gasteiger partial charge < -0.3 is 15.5 Å². The first kappa shape index (κ1) is 11.2. The second kappa shape index (κ2) is 5.80. The predicted molar refractivity (Wildman–Crippen MR) is 59.5 cm³/mol. The summed E-state index contributed by atoms with van der Waals surface area (Å²) in [4.78, 5) is 0. The lowest BCUT2D eigenvalue weighted by Gasteiger charge is -1.99. The molecule has 0 aromatic carbocycles. The van der Waals surface area contributed by atoms with Crippen molar-refractivity contribution in [2.24, 2.45) is 5.73 Å². The summed E-state index contributed by atoms with van der Waals surface area (Å²) in [7, 11) is 0. The number of halogens is 2. The van der Waals surface area contributed by atoms with Crippen molar-refractivity contribution >= 4 is 31.9 Å². The highest BCUT2D eigenvalue weighted by molar-refractivity contribution is 9.13. The molecule has 0 radical (unpaired) electrons. The molecule has 0 bridgehead atoms. The fraction of sp³-hybridized carbons (Fsp3) is 0.500. The Bertz CT molecular complexity index is 243. The summed E-state index contributed by atoms with van der Waals surface area (Å²) in [6.07, 6.45) is 0.989. The number of nitrogens with one attached hydrogen (secondary N) is 1. The summed E-state index contributed by atoms with van der Waals surface area (Å²) in [6.45, 7) is 2.38. The van der Waals surface area contributed by atoms with Crippen LogP contribution in [0.3, 0.4) is 0 Å². The van der Waals surface area contributed by atoms with Gasteiger partial charge in [-0.1, -0.05) is 0 Å². The summed E-state index contributed by atoms with van der Waals surface area (Å²) >= 11 is 6.63. The van der Waals surface area contributed by atoms with E-state index < -0.39 is 0 Å². The summed E-state index contributed by atoms with van der Waals surface area (Å²) < 4.78 is 7.06. The first-order valence-corrected chi connectivity index (χ1v) is 5.67. The highest BCUT2D eigenvalue weighted by Crippen LogP contribution is 2.26. The van der Waals surface area contributed by atoms with E-state index in [1.165, 1.54) is 0 Å². The molecule has 0 unspecified atom stereocenters. The van der Waals surface area contributed by atoms with E-state index in [9.17, 15) is 0 Å². The smallest absolute Gasteiger partial charge is 0.183 e. The fourth-order valence-electron chi connectivity index (χ4n) is 0.917. The van der Waals surface area contributed by atoms with Crippen molar-refractivity contribution < 1.29 is 4.42 Å². The van der Waals surface area contributed by atoms with Gasteiger partial charge >= 0.3 is 0 Å². The van der Waals surface area contributed by atoms with Crippen molar-refractivity contribution in [3.05, 3.63) is 21.0 Å². The van der Waals surface area contributed by atoms with Crippen LogP contribution in [0.15, 0.2) is 19.6 Å². The molecule has 1 rings (SSSR count). The first-order chi connectivity index (χ1) is 6.24. The minimum atomic E-state index is 0.721. The topological polar surface area (TPSA) is 51.2 Å². The molecule has 74 valence electrons. The van der Waals surface area contributed by atoms with Gasteiger partial charge in [-0.3, -0.25) is 0 Å². The minimum absolute atomic E-state index is 0.721. The van der Waals surface area contributed by atoms with Crippen molar-refractivity contribution in [2.45, 2.75) is 13.0 Å². The van der Waals surface area contributed by atoms with E-state index in [2.05, 4.69) is 37.2 Å². The third-order valence-corrected chi connectivity index (χ3v) is 3.26. The summed E-state index contributed by atoms with van der Waals surface area (Å²) in [5.41, 5.74) is 5.36. The molecule has 0 spiro atoms. The van der Waals surface area contributed by atoms with Crippen molar-refractivity contribution in [1.29, 1.82) is 0 Å². The molecule has 0 fully saturated rings. The van der Waals surface area contributed by atoms with Crippen LogP contribution in [-0.2, 0) is 6.54 Å². The van der Waals surface area contributed by atoms with Crippen LogP contribution >= 0.6 is 31.9 Å². The lowest BCUT2D eigenvalue weighted by Crippen LogP contribution is -2.17. The molecule has 0 atom stereocenters. The lowest BCUT2D eigenvalue weighted by atomic mass is 10.4. The van der Waals surface area contributed by atoms with Gasteiger partial charge in [0, 0.05) is 0 Å². The molecule has 0 aliphatic heterocycles. The van der Waals surface area contributed by atoms with Crippen molar-refractivity contribution in [3.63, 3.8) is 0 Å². The van der Waals surface area contributed by atoms with Gasteiger partial charge in [0.25, 0.3) is 0 Å². The maximum atomic E-state index is 5.37. The highest BCUT2D eigenvalue weighted by Gasteiger charge is 2.04. The molecule has 1 aromatic heterocycles. The minimum Gasteiger partial charge on any atom is -0.452 e. The average molecular weight is 312 g/mol. The number of rotatable bonds is 5. The Morgan fingerprint density at radius 3 is 2.77 bits per heavy atom. The molecule has 3 nitrogen and oxygen atoms in total. The largest absolute Gasteiger partial charge is 0.452 e. The van der Waals surface area contributed by atoms with Crippen molar-refractivity contribution in [3.8, 4) is 0 Å². The van der Waals surface area contributed by atoms with Gasteiger partial charge in [-0.15, -0.1) is 0 Å². The molecule has 0 aliphatic carbocycles. The average Bonchev–Trinajstić information content (AvgIpc) is 2.41. The molecular formula is C8H12Br2N2O. The van der Waals surface area contributed by atoms with Gasteiger partial charge in [0.2, 0.25) is 0 Å². The SMILES string of the molecule is NCCCNCc1cc(Br)c(Br)o1. The maximum absolute atomic E-state index is 5.37. The Kier molecular flexibility index (Phi) is 5.01. The highest BCUT2D eigenvalue weighted by atomic mass is 79.9. The zero-order valence-corrected chi connectivity index (χ0v) is 10.3. The lowest BCUT2D eigenvalue weighted by molar-refractivity contribution is 0.463. The van der Waals surface area contributed by atoms with Gasteiger partial charge in [-0.25, -0.2) is 0 Å². The Labute approximate surface area is 94.3 Å². The Morgan fingerprint density at radius 2 is 2.23 bits per heavy atom. The van der Waals surface area contributed by atoms with Crippen LogP contribution in [-0.4, -0.2) is 13.1 Å². The summed E-state index contributed by atoms with van der Waals surface area (Å²) in [5, 5.41) is 3.23. The van der Waals surface area contributed by atoms with E-state index in [1.54, 1.807) is 0 Å². The Hall–Kier alpha value is 0.160. The Balaban J connectivity index is 2.29. The molecule has 1 heterocycles. The number of hydrogen-bond acceptors (Lipinski definition) is 3. The molecule has 0 amide bonds. The van der Waals surface area contributed by atoms with E-state index >= 15 is 0 Å². The maximum Gasteiger partial charge on any atom is 0.183 e. The Morgan fingerprint density at radius 1 is 1.46 bits per heavy atom. The molecule has 0 aliphatic rings. The quantitative estimate of drug-likeness (QED) is 0.820. The van der Waals surface area contributed by atoms with Crippen molar-refractivity contribution in [1.82, 2.24) is 5.32 Å². The molecule has 5 heteroatoms. The van der Waals surface area contributed by atoms with Gasteiger partial charge in [-0.05, 0) is 57.4 Å². The zero-order chi connectivity index (χ0) is 9.68. The van der Waals surface area contributed by atoms with Crippen LogP contribution < -0.4 is 11.1 Å². The molecule has 1 aromatic rings. The van der Waals surface area contributed by atoms with E-state index in [0.717, 1.165) is 41.0 Å². The monoisotopic (exact) mass is 310 g/mol. The standard InChI is InChI=1S/C8H12Br2N2O/c9-7-4-6(13-8(7)10)5-12-3-1-2-11/h4,12H,1-3,5,11H2. The van der Waals surface area contributed by atoms with Crippen molar-refractivity contribution in [2.75, 3.05) is 13.1 Å². The van der Waals surface area contributed by atoms with Gasteiger partial charge in [-0.2, -0.15) is 0 Å². The van der Waals surface area contributed by atoms with Crippen LogP contribution in [0.1, 0.15) is 12.2 Å². The second-order valence-corrected chi connectivity index (χ2v) is 4.23. The van der Waals surface area contributed by atoms with E-state index in [-0.39, 0.29) is 0 Å². The number of nitrogens with two attached hydrogens (primary N) is 1. The van der Waals surface area contributed by atoms with Gasteiger partial charge in [0.15, 0.2) is 4.67 Å². The second-order valence-electron chi connectivity index (χ2n) is 2.65. The predicted octanol–water partition coefficient (Wildman–Crippen LogP) is 2.24. The third-order valence-electron chi connectivity index (χ3n) is 1.55. The zero-order valence-electron chi connectivity index (χ0n) is 7.15. The molecule has 0 saturated heterocycles. The summed E-state index contributed by atoms with van der Waals surface area (Å²) in [6, 6.07) is 1.94. The van der Waals surface area contributed by atoms with Crippen LogP contribution in [0.25, 0.3) is 0 Å². The van der Waals surface area contributed by atoms with Gasteiger partial charge in [0.05, 0.1) is 11.0 Å². The molecular weight excluding hydrogens is 300 g/mol. The van der Waals surface area contributed by atoms with E-state index in [0.29, 0.717) is 0 Å². The number of hydrogen-bond donors (Lipinski definition) is 2. The van der Waals surface area contributed by atoms with Gasteiger partial charge in [0.1, 0.15) is 5.76 Å². The molecule has 3 N–H and O–H groups in total. The van der Waals surface area contributed by atoms with Crippen LogP contribution in [0.5, 0.6) is 0 Å². The first-order valence-electron chi connectivity index (χ1n) is 4.08. The molecule has 13 heavy (non-hydrogen) atoms. The van der Waals surface area contributed by atoms with E-state index in [4.69, 9.17) is 10.2 Å². The fourth-order valence-corrected chi connectivity index (χ4v) is 1.58. The van der Waals surface area contributed by atoms with E-state index in [1.807, 2.05) is 6.07 Å². The third kappa shape index (κ3) is 3.81. The number of furan rings is 1. The normalized spacial score (nSPS) is 10.7. The van der Waals surface area contributed by atoms with Crippen LogP contribution in [0, 0.1) is 0 Å². The van der Waals surface area contributed by atoms with Crippen LogP contribution in [0.4, 0.5) is 0 Å². The molecule has 0 saturated carbocycles. The van der Waals surface area contributed by atoms with Crippen LogP contribution in [0.2, 0.25) is 0 Å². The summed E-state index contributed by atoms with van der Waals surface area (Å²) in [5.74, 6) is 0.913.